The molecule has 7 heteroatoms. The van der Waals surface area contributed by atoms with Crippen molar-refractivity contribution in [2.24, 2.45) is 11.8 Å². The number of aromatic nitrogens is 2. The predicted octanol–water partition coefficient (Wildman–Crippen LogP) is 3.22. The Morgan fingerprint density at radius 1 is 1.11 bits per heavy atom. The Hall–Kier alpha value is -2.83. The van der Waals surface area contributed by atoms with Gasteiger partial charge < -0.3 is 14.7 Å². The number of benzene rings is 1. The van der Waals surface area contributed by atoms with Gasteiger partial charge in [0, 0.05) is 19.3 Å². The van der Waals surface area contributed by atoms with E-state index in [2.05, 4.69) is 23.3 Å². The van der Waals surface area contributed by atoms with E-state index in [1.165, 1.54) is 30.7 Å². The highest BCUT2D eigenvalue weighted by Crippen LogP contribution is 2.42. The molecule has 1 N–H and O–H groups in total. The maximum Gasteiger partial charge on any atom is 0.356 e. The van der Waals surface area contributed by atoms with Crippen LogP contribution in [0.25, 0.3) is 0 Å². The fourth-order valence-electron chi connectivity index (χ4n) is 4.64. The topological polar surface area (TPSA) is 84.7 Å². The fourth-order valence-corrected chi connectivity index (χ4v) is 4.64. The number of hydrogen-bond acceptors (Lipinski definition) is 4. The van der Waals surface area contributed by atoms with Gasteiger partial charge in [-0.3, -0.25) is 0 Å². The molecule has 146 valence electrons. The number of carboxylic acid groups (broad SMARTS) is 1. The van der Waals surface area contributed by atoms with Crippen LogP contribution < -0.4 is 4.74 Å². The lowest BCUT2D eigenvalue weighted by atomic mass is 10.0. The summed E-state index contributed by atoms with van der Waals surface area (Å²) in [4.78, 5) is 25.3. The highest BCUT2D eigenvalue weighted by Gasteiger charge is 2.43. The Kier molecular flexibility index (Phi) is 4.10. The van der Waals surface area contributed by atoms with E-state index >= 15 is 0 Å². The van der Waals surface area contributed by atoms with Crippen LogP contribution in [-0.4, -0.2) is 51.0 Å². The molecule has 0 radical (unpaired) electrons. The number of rotatable bonds is 4. The first-order valence-electron chi connectivity index (χ1n) is 9.91. The molecule has 5 rings (SSSR count). The third kappa shape index (κ3) is 3.25. The second-order valence-corrected chi connectivity index (χ2v) is 8.22. The molecule has 1 aromatic heterocycles. The van der Waals surface area contributed by atoms with Crippen molar-refractivity contribution < 1.29 is 19.4 Å². The van der Waals surface area contributed by atoms with E-state index in [0.29, 0.717) is 24.9 Å². The highest BCUT2D eigenvalue weighted by atomic mass is 16.5. The smallest absolute Gasteiger partial charge is 0.356 e. The van der Waals surface area contributed by atoms with Crippen LogP contribution in [0.3, 0.4) is 0 Å². The van der Waals surface area contributed by atoms with Crippen molar-refractivity contribution in [3.8, 4) is 5.75 Å². The number of aromatic carboxylic acids is 1. The van der Waals surface area contributed by atoms with Gasteiger partial charge in [-0.1, -0.05) is 12.1 Å². The molecule has 2 aliphatic carbocycles. The molecule has 2 unspecified atom stereocenters. The van der Waals surface area contributed by atoms with E-state index in [1.54, 1.807) is 4.90 Å². The minimum absolute atomic E-state index is 0.116. The van der Waals surface area contributed by atoms with Crippen LogP contribution in [0.1, 0.15) is 47.7 Å². The number of fused-ring (bicyclic) bond motifs is 1. The summed E-state index contributed by atoms with van der Waals surface area (Å²) in [7, 11) is 0. The number of hydrogen-bond donors (Lipinski definition) is 1. The van der Waals surface area contributed by atoms with Crippen molar-refractivity contribution in [2.45, 2.75) is 37.7 Å². The van der Waals surface area contributed by atoms with E-state index in [1.807, 2.05) is 6.07 Å². The molecule has 1 aromatic carbocycles. The minimum atomic E-state index is -1.13. The number of carboxylic acids is 1. The summed E-state index contributed by atoms with van der Waals surface area (Å²) < 4.78 is 7.38. The molecule has 2 atom stereocenters. The summed E-state index contributed by atoms with van der Waals surface area (Å²) in [5.41, 5.74) is 1.27. The molecular weight excluding hydrogens is 358 g/mol. The van der Waals surface area contributed by atoms with Crippen LogP contribution in [-0.2, 0) is 0 Å². The molecule has 0 bridgehead atoms. The molecule has 1 saturated heterocycles. The van der Waals surface area contributed by atoms with E-state index in [9.17, 15) is 9.59 Å². The lowest BCUT2D eigenvalue weighted by Gasteiger charge is -2.20. The van der Waals surface area contributed by atoms with Crippen LogP contribution in [0.4, 0.5) is 4.79 Å². The molecule has 3 aliphatic rings. The van der Waals surface area contributed by atoms with E-state index < -0.39 is 5.97 Å². The summed E-state index contributed by atoms with van der Waals surface area (Å²) in [5, 5.41) is 12.8. The molecule has 3 fully saturated rings. The Bertz CT molecular complexity index is 906. The molecule has 1 aliphatic heterocycles. The zero-order valence-electron chi connectivity index (χ0n) is 15.5. The molecule has 0 spiro atoms. The zero-order valence-corrected chi connectivity index (χ0v) is 15.5. The molecular formula is C21H23N3O4. The first kappa shape index (κ1) is 17.3. The Balaban J connectivity index is 1.18. The average molecular weight is 381 g/mol. The lowest BCUT2D eigenvalue weighted by molar-refractivity contribution is 0.0690. The van der Waals surface area contributed by atoms with Crippen LogP contribution in [0.15, 0.2) is 36.5 Å². The van der Waals surface area contributed by atoms with Crippen molar-refractivity contribution >= 4 is 12.0 Å². The van der Waals surface area contributed by atoms with Gasteiger partial charge in [0.25, 0.3) is 0 Å². The van der Waals surface area contributed by atoms with Gasteiger partial charge in [0.05, 0.1) is 6.10 Å². The van der Waals surface area contributed by atoms with Crippen molar-refractivity contribution in [1.82, 2.24) is 14.7 Å². The Morgan fingerprint density at radius 3 is 2.50 bits per heavy atom. The molecule has 7 nitrogen and oxygen atoms in total. The van der Waals surface area contributed by atoms with Crippen LogP contribution in [0.5, 0.6) is 5.75 Å². The second-order valence-electron chi connectivity index (χ2n) is 8.22. The predicted molar refractivity (Wildman–Crippen MR) is 101 cm³/mol. The number of likely N-dealkylation sites (tertiary alicyclic amines) is 1. The van der Waals surface area contributed by atoms with Crippen molar-refractivity contribution in [3.63, 3.8) is 0 Å². The number of amides is 1. The van der Waals surface area contributed by atoms with Crippen molar-refractivity contribution in [2.75, 3.05) is 13.1 Å². The van der Waals surface area contributed by atoms with Gasteiger partial charge in [0.15, 0.2) is 5.69 Å². The average Bonchev–Trinajstić information content (AvgIpc) is 3.09. The third-order valence-corrected chi connectivity index (χ3v) is 6.19. The largest absolute Gasteiger partial charge is 0.490 e. The summed E-state index contributed by atoms with van der Waals surface area (Å²) in [6, 6.07) is 9.57. The molecule has 2 aromatic rings. The number of ether oxygens (including phenoxy) is 1. The highest BCUT2D eigenvalue weighted by molar-refractivity contribution is 5.86. The summed E-state index contributed by atoms with van der Waals surface area (Å²) in [5.74, 6) is 1.40. The van der Waals surface area contributed by atoms with Gasteiger partial charge in [0.2, 0.25) is 0 Å². The normalized spacial score (nSPS) is 26.3. The number of carbonyl (C=O) groups is 2. The SMILES string of the molecule is O=C(O)c1ccn(C(=O)N2CC3CC(Oc4cccc(C5CC5)c4)CC3C2)n1. The molecule has 28 heavy (non-hydrogen) atoms. The van der Waals surface area contributed by atoms with E-state index in [0.717, 1.165) is 29.2 Å². The van der Waals surface area contributed by atoms with E-state index in [4.69, 9.17) is 9.84 Å². The van der Waals surface area contributed by atoms with Gasteiger partial charge in [-0.25, -0.2) is 9.59 Å². The number of carbonyl (C=O) groups excluding carboxylic acids is 1. The maximum atomic E-state index is 12.6. The molecule has 2 heterocycles. The van der Waals surface area contributed by atoms with Crippen LogP contribution in [0.2, 0.25) is 0 Å². The van der Waals surface area contributed by atoms with Crippen LogP contribution in [0, 0.1) is 11.8 Å². The van der Waals surface area contributed by atoms with Crippen LogP contribution >= 0.6 is 0 Å². The number of nitrogens with zero attached hydrogens (tertiary/aromatic N) is 3. The summed E-state index contributed by atoms with van der Waals surface area (Å²) >= 11 is 0. The standard InChI is InChI=1S/C21H23N3O4/c25-20(26)19-6-7-24(22-19)21(27)23-11-15-9-18(10-16(15)12-23)28-17-3-1-2-14(8-17)13-4-5-13/h1-3,6-8,13,15-16,18H,4-5,9-12H2,(H,25,26). The van der Waals surface area contributed by atoms with Crippen molar-refractivity contribution in [1.29, 1.82) is 0 Å². The zero-order chi connectivity index (χ0) is 19.3. The maximum absolute atomic E-state index is 12.6. The van der Waals surface area contributed by atoms with Gasteiger partial charge in [-0.15, -0.1) is 0 Å². The fraction of sp³-hybridized carbons (Fsp3) is 0.476. The Labute approximate surface area is 162 Å². The first-order chi connectivity index (χ1) is 13.6. The molecule has 1 amide bonds. The van der Waals surface area contributed by atoms with Gasteiger partial charge in [0.1, 0.15) is 5.75 Å². The van der Waals surface area contributed by atoms with Crippen molar-refractivity contribution in [3.05, 3.63) is 47.8 Å². The minimum Gasteiger partial charge on any atom is -0.490 e. The monoisotopic (exact) mass is 381 g/mol. The summed E-state index contributed by atoms with van der Waals surface area (Å²) in [6.45, 7) is 1.35. The quantitative estimate of drug-likeness (QED) is 0.879. The first-order valence-corrected chi connectivity index (χ1v) is 9.91. The second kappa shape index (κ2) is 6.65. The van der Waals surface area contributed by atoms with Gasteiger partial charge in [-0.05, 0) is 67.2 Å². The lowest BCUT2D eigenvalue weighted by Crippen LogP contribution is -2.34. The third-order valence-electron chi connectivity index (χ3n) is 6.19. The van der Waals surface area contributed by atoms with Gasteiger partial charge in [-0.2, -0.15) is 9.78 Å². The summed E-state index contributed by atoms with van der Waals surface area (Å²) in [6.07, 6.45) is 6.07. The molecule has 2 saturated carbocycles. The Morgan fingerprint density at radius 2 is 1.86 bits per heavy atom. The van der Waals surface area contributed by atoms with E-state index in [-0.39, 0.29) is 17.8 Å². The van der Waals surface area contributed by atoms with Gasteiger partial charge >= 0.3 is 12.0 Å².